The Morgan fingerprint density at radius 2 is 1.72 bits per heavy atom. The quantitative estimate of drug-likeness (QED) is 0.772. The zero-order valence-electron chi connectivity index (χ0n) is 16.6. The predicted octanol–water partition coefficient (Wildman–Crippen LogP) is 3.32. The first kappa shape index (κ1) is 20.3. The Labute approximate surface area is 169 Å². The Balaban J connectivity index is 1.95. The molecule has 1 atom stereocenters. The van der Waals surface area contributed by atoms with Crippen molar-refractivity contribution in [3.63, 3.8) is 0 Å². The van der Waals surface area contributed by atoms with Gasteiger partial charge in [0, 0.05) is 6.54 Å². The molecule has 8 nitrogen and oxygen atoms in total. The third kappa shape index (κ3) is 4.21. The number of anilines is 1. The monoisotopic (exact) mass is 400 g/mol. The summed E-state index contributed by atoms with van der Waals surface area (Å²) < 4.78 is 16.0. The van der Waals surface area contributed by atoms with Gasteiger partial charge in [0.15, 0.2) is 11.5 Å². The smallest absolute Gasteiger partial charge is 0.322 e. The molecule has 2 aromatic carbocycles. The van der Waals surface area contributed by atoms with Gasteiger partial charge < -0.3 is 29.5 Å². The molecule has 154 valence electrons. The molecule has 2 amide bonds. The second-order valence-corrected chi connectivity index (χ2v) is 6.59. The van der Waals surface area contributed by atoms with E-state index in [1.165, 1.54) is 19.1 Å². The first-order valence-corrected chi connectivity index (χ1v) is 9.15. The van der Waals surface area contributed by atoms with Crippen LogP contribution in [-0.2, 0) is 11.2 Å². The van der Waals surface area contributed by atoms with Gasteiger partial charge in [-0.15, -0.1) is 0 Å². The largest absolute Gasteiger partial charge is 0.495 e. The van der Waals surface area contributed by atoms with Crippen LogP contribution < -0.4 is 19.5 Å². The van der Waals surface area contributed by atoms with Crippen molar-refractivity contribution in [3.05, 3.63) is 47.5 Å². The number of carboxylic acids is 1. The van der Waals surface area contributed by atoms with Crippen LogP contribution in [0.25, 0.3) is 0 Å². The molecule has 1 aliphatic rings. The summed E-state index contributed by atoms with van der Waals surface area (Å²) in [5, 5.41) is 12.3. The van der Waals surface area contributed by atoms with Crippen molar-refractivity contribution in [3.8, 4) is 17.2 Å². The van der Waals surface area contributed by atoms with E-state index < -0.39 is 12.0 Å². The Bertz CT molecular complexity index is 914. The van der Waals surface area contributed by atoms with Gasteiger partial charge in [-0.3, -0.25) is 4.79 Å². The van der Waals surface area contributed by atoms with E-state index >= 15 is 0 Å². The van der Waals surface area contributed by atoms with Gasteiger partial charge >= 0.3 is 12.0 Å². The summed E-state index contributed by atoms with van der Waals surface area (Å²) in [6, 6.07) is 9.64. The number of amides is 2. The van der Waals surface area contributed by atoms with Crippen LogP contribution in [0.15, 0.2) is 36.4 Å². The van der Waals surface area contributed by atoms with Crippen LogP contribution in [0.3, 0.4) is 0 Å². The highest BCUT2D eigenvalue weighted by atomic mass is 16.5. The van der Waals surface area contributed by atoms with E-state index in [0.29, 0.717) is 35.9 Å². The molecular formula is C21H24N2O6. The first-order valence-electron chi connectivity index (χ1n) is 9.15. The number of aliphatic carboxylic acids is 1. The fraction of sp³-hybridized carbons (Fsp3) is 0.333. The van der Waals surface area contributed by atoms with Gasteiger partial charge in [-0.2, -0.15) is 0 Å². The van der Waals surface area contributed by atoms with Gasteiger partial charge in [0.2, 0.25) is 0 Å². The molecule has 0 bridgehead atoms. The number of urea groups is 1. The maximum absolute atomic E-state index is 13.0. The van der Waals surface area contributed by atoms with Gasteiger partial charge in [0.1, 0.15) is 5.75 Å². The SMILES string of the molecule is COc1ccccc1NC(=O)N1CCc2cc(OC)c(OC)cc2[C@@H]1CC(=O)O. The fourth-order valence-corrected chi connectivity index (χ4v) is 3.59. The summed E-state index contributed by atoms with van der Waals surface area (Å²) in [5.74, 6) is 0.605. The van der Waals surface area contributed by atoms with E-state index in [0.717, 1.165) is 11.1 Å². The average molecular weight is 400 g/mol. The van der Waals surface area contributed by atoms with Gasteiger partial charge in [-0.25, -0.2) is 4.79 Å². The molecule has 3 rings (SSSR count). The van der Waals surface area contributed by atoms with E-state index in [1.54, 1.807) is 37.4 Å². The molecule has 2 N–H and O–H groups in total. The van der Waals surface area contributed by atoms with Gasteiger partial charge in [0.25, 0.3) is 0 Å². The van der Waals surface area contributed by atoms with Crippen LogP contribution in [-0.4, -0.2) is 49.9 Å². The summed E-state index contributed by atoms with van der Waals surface area (Å²) in [7, 11) is 4.59. The molecule has 8 heteroatoms. The van der Waals surface area contributed by atoms with Crippen molar-refractivity contribution < 1.29 is 28.9 Å². The van der Waals surface area contributed by atoms with Gasteiger partial charge in [-0.05, 0) is 41.8 Å². The van der Waals surface area contributed by atoms with Crippen molar-refractivity contribution in [2.75, 3.05) is 33.2 Å². The van der Waals surface area contributed by atoms with Crippen LogP contribution >= 0.6 is 0 Å². The number of fused-ring (bicyclic) bond motifs is 1. The van der Waals surface area contributed by atoms with E-state index in [1.807, 2.05) is 6.07 Å². The molecule has 0 radical (unpaired) electrons. The summed E-state index contributed by atoms with van der Waals surface area (Å²) >= 11 is 0. The number of ether oxygens (including phenoxy) is 3. The number of benzene rings is 2. The molecule has 0 fully saturated rings. The Morgan fingerprint density at radius 1 is 1.07 bits per heavy atom. The number of carboxylic acid groups (broad SMARTS) is 1. The average Bonchev–Trinajstić information content (AvgIpc) is 2.72. The number of methoxy groups -OCH3 is 3. The Kier molecular flexibility index (Phi) is 6.11. The zero-order chi connectivity index (χ0) is 21.0. The lowest BCUT2D eigenvalue weighted by Gasteiger charge is -2.37. The van der Waals surface area contributed by atoms with E-state index in [-0.39, 0.29) is 12.5 Å². The molecule has 29 heavy (non-hydrogen) atoms. The van der Waals surface area contributed by atoms with E-state index in [4.69, 9.17) is 14.2 Å². The molecule has 0 aliphatic carbocycles. The van der Waals surface area contributed by atoms with Crippen molar-refractivity contribution in [1.82, 2.24) is 4.90 Å². The van der Waals surface area contributed by atoms with Gasteiger partial charge in [-0.1, -0.05) is 12.1 Å². The Morgan fingerprint density at radius 3 is 2.38 bits per heavy atom. The number of nitrogens with zero attached hydrogens (tertiary/aromatic N) is 1. The van der Waals surface area contributed by atoms with E-state index in [2.05, 4.69) is 5.32 Å². The van der Waals surface area contributed by atoms with Crippen molar-refractivity contribution in [2.45, 2.75) is 18.9 Å². The molecule has 0 spiro atoms. The minimum absolute atomic E-state index is 0.220. The maximum Gasteiger partial charge on any atom is 0.322 e. The highest BCUT2D eigenvalue weighted by Gasteiger charge is 2.34. The normalized spacial score (nSPS) is 15.3. The predicted molar refractivity (Wildman–Crippen MR) is 107 cm³/mol. The molecule has 2 aromatic rings. The van der Waals surface area contributed by atoms with Gasteiger partial charge in [0.05, 0.1) is 39.5 Å². The molecular weight excluding hydrogens is 376 g/mol. The lowest BCUT2D eigenvalue weighted by molar-refractivity contribution is -0.138. The van der Waals surface area contributed by atoms with Crippen LogP contribution in [0, 0.1) is 0 Å². The maximum atomic E-state index is 13.0. The second-order valence-electron chi connectivity index (χ2n) is 6.59. The highest BCUT2D eigenvalue weighted by Crippen LogP contribution is 2.40. The summed E-state index contributed by atoms with van der Waals surface area (Å²) in [5.41, 5.74) is 2.20. The van der Waals surface area contributed by atoms with Crippen molar-refractivity contribution >= 4 is 17.7 Å². The molecule has 0 saturated heterocycles. The zero-order valence-corrected chi connectivity index (χ0v) is 16.6. The number of para-hydroxylation sites is 2. The minimum atomic E-state index is -0.993. The lowest BCUT2D eigenvalue weighted by Crippen LogP contribution is -2.43. The van der Waals surface area contributed by atoms with Crippen molar-refractivity contribution in [1.29, 1.82) is 0 Å². The van der Waals surface area contributed by atoms with Crippen LogP contribution in [0.1, 0.15) is 23.6 Å². The number of carbonyl (C=O) groups is 2. The third-order valence-electron chi connectivity index (χ3n) is 4.98. The van der Waals surface area contributed by atoms with Crippen LogP contribution in [0.2, 0.25) is 0 Å². The summed E-state index contributed by atoms with van der Waals surface area (Å²) in [6.45, 7) is 0.376. The minimum Gasteiger partial charge on any atom is -0.495 e. The number of rotatable bonds is 6. The molecule has 0 aromatic heterocycles. The van der Waals surface area contributed by atoms with Crippen LogP contribution in [0.4, 0.5) is 10.5 Å². The highest BCUT2D eigenvalue weighted by molar-refractivity contribution is 5.91. The summed E-state index contributed by atoms with van der Waals surface area (Å²) in [6.07, 6.45) is 0.354. The lowest BCUT2D eigenvalue weighted by atomic mass is 9.90. The van der Waals surface area contributed by atoms with Crippen LogP contribution in [0.5, 0.6) is 17.2 Å². The fourth-order valence-electron chi connectivity index (χ4n) is 3.59. The third-order valence-corrected chi connectivity index (χ3v) is 4.98. The molecule has 1 aliphatic heterocycles. The molecule has 0 unspecified atom stereocenters. The number of nitrogens with one attached hydrogen (secondary N) is 1. The van der Waals surface area contributed by atoms with Crippen molar-refractivity contribution in [2.24, 2.45) is 0 Å². The van der Waals surface area contributed by atoms with E-state index in [9.17, 15) is 14.7 Å². The Hall–Kier alpha value is -3.42. The summed E-state index contributed by atoms with van der Waals surface area (Å²) in [4.78, 5) is 26.1. The first-order chi connectivity index (χ1) is 14.0. The number of hydrogen-bond donors (Lipinski definition) is 2. The number of carbonyl (C=O) groups excluding carboxylic acids is 1. The second kappa shape index (κ2) is 8.72. The molecule has 1 heterocycles. The standard InChI is InChI=1S/C21H24N2O6/c1-27-17-7-5-4-6-15(17)22-21(26)23-9-8-13-10-18(28-2)19(29-3)11-14(13)16(23)12-20(24)25/h4-7,10-11,16H,8-9,12H2,1-3H3,(H,22,26)(H,24,25)/t16-/m0/s1. The molecule has 0 saturated carbocycles. The number of hydrogen-bond acceptors (Lipinski definition) is 5. The topological polar surface area (TPSA) is 97.3 Å².